The minimum Gasteiger partial charge on any atom is -0.314 e. The average Bonchev–Trinajstić information content (AvgIpc) is 2.51. The standard InChI is InChI=1S/C14H29N/c1-7-8-9-11(2)15-10-12-13(3,4)14(12,5)6/h11-12,15H,7-10H2,1-6H3. The summed E-state index contributed by atoms with van der Waals surface area (Å²) >= 11 is 0. The molecule has 1 nitrogen and oxygen atoms in total. The summed E-state index contributed by atoms with van der Waals surface area (Å²) in [5, 5.41) is 3.69. The van der Waals surface area contributed by atoms with Crippen LogP contribution in [0.1, 0.15) is 60.8 Å². The van der Waals surface area contributed by atoms with Gasteiger partial charge >= 0.3 is 0 Å². The Kier molecular flexibility index (Phi) is 3.86. The predicted octanol–water partition coefficient (Wildman–Crippen LogP) is 3.84. The zero-order valence-corrected chi connectivity index (χ0v) is 11.5. The predicted molar refractivity (Wildman–Crippen MR) is 68.0 cm³/mol. The Labute approximate surface area is 96.0 Å². The molecule has 1 aliphatic carbocycles. The summed E-state index contributed by atoms with van der Waals surface area (Å²) in [6, 6.07) is 0.692. The third kappa shape index (κ3) is 2.55. The van der Waals surface area contributed by atoms with E-state index in [1.807, 2.05) is 0 Å². The van der Waals surface area contributed by atoms with Crippen LogP contribution in [0.25, 0.3) is 0 Å². The molecule has 1 heteroatoms. The van der Waals surface area contributed by atoms with Gasteiger partial charge in [-0.15, -0.1) is 0 Å². The third-order valence-corrected chi connectivity index (χ3v) is 4.98. The molecule has 0 bridgehead atoms. The van der Waals surface area contributed by atoms with Gasteiger partial charge in [-0.25, -0.2) is 0 Å². The molecule has 0 spiro atoms. The highest BCUT2D eigenvalue weighted by molar-refractivity contribution is 5.12. The minimum absolute atomic E-state index is 0.532. The molecule has 90 valence electrons. The summed E-state index contributed by atoms with van der Waals surface area (Å²) < 4.78 is 0. The van der Waals surface area contributed by atoms with Gasteiger partial charge in [-0.2, -0.15) is 0 Å². The molecule has 0 amide bonds. The second-order valence-corrected chi connectivity index (χ2v) is 6.45. The van der Waals surface area contributed by atoms with Crippen molar-refractivity contribution < 1.29 is 0 Å². The lowest BCUT2D eigenvalue weighted by molar-refractivity contribution is 0.450. The Morgan fingerprint density at radius 3 is 2.07 bits per heavy atom. The van der Waals surface area contributed by atoms with Crippen molar-refractivity contribution >= 4 is 0 Å². The summed E-state index contributed by atoms with van der Waals surface area (Å²) in [4.78, 5) is 0. The fourth-order valence-corrected chi connectivity index (χ4v) is 2.77. The quantitative estimate of drug-likeness (QED) is 0.704. The van der Waals surface area contributed by atoms with E-state index < -0.39 is 0 Å². The topological polar surface area (TPSA) is 12.0 Å². The normalized spacial score (nSPS) is 25.2. The van der Waals surface area contributed by atoms with Gasteiger partial charge in [0.05, 0.1) is 0 Å². The molecule has 1 rings (SSSR count). The Bertz CT molecular complexity index is 191. The van der Waals surface area contributed by atoms with Crippen LogP contribution in [0.3, 0.4) is 0 Å². The highest BCUT2D eigenvalue weighted by atomic mass is 14.9. The third-order valence-electron chi connectivity index (χ3n) is 4.98. The van der Waals surface area contributed by atoms with Gasteiger partial charge in [0.15, 0.2) is 0 Å². The smallest absolute Gasteiger partial charge is 0.00388 e. The molecule has 1 unspecified atom stereocenters. The molecule has 0 radical (unpaired) electrons. The summed E-state index contributed by atoms with van der Waals surface area (Å²) in [5.74, 6) is 0.856. The van der Waals surface area contributed by atoms with Crippen molar-refractivity contribution in [1.82, 2.24) is 5.32 Å². The molecule has 0 aromatic heterocycles. The van der Waals surface area contributed by atoms with Crippen molar-refractivity contribution in [2.24, 2.45) is 16.7 Å². The van der Waals surface area contributed by atoms with Crippen molar-refractivity contribution in [2.75, 3.05) is 6.54 Å². The average molecular weight is 211 g/mol. The van der Waals surface area contributed by atoms with E-state index in [2.05, 4.69) is 46.9 Å². The van der Waals surface area contributed by atoms with Crippen LogP contribution in [-0.4, -0.2) is 12.6 Å². The largest absolute Gasteiger partial charge is 0.314 e. The molecule has 1 saturated carbocycles. The Morgan fingerprint density at radius 2 is 1.67 bits per heavy atom. The maximum atomic E-state index is 3.69. The van der Waals surface area contributed by atoms with Crippen LogP contribution in [0, 0.1) is 16.7 Å². The summed E-state index contributed by atoms with van der Waals surface area (Å²) in [6.45, 7) is 15.4. The lowest BCUT2D eigenvalue weighted by atomic mass is 10.0. The zero-order chi connectivity index (χ0) is 11.7. The van der Waals surface area contributed by atoms with Crippen LogP contribution in [0.5, 0.6) is 0 Å². The van der Waals surface area contributed by atoms with Crippen LogP contribution >= 0.6 is 0 Å². The van der Waals surface area contributed by atoms with E-state index in [9.17, 15) is 0 Å². The first-order valence-corrected chi connectivity index (χ1v) is 6.57. The van der Waals surface area contributed by atoms with Crippen LogP contribution < -0.4 is 5.32 Å². The number of hydrogen-bond acceptors (Lipinski definition) is 1. The van der Waals surface area contributed by atoms with Crippen molar-refractivity contribution in [3.8, 4) is 0 Å². The van der Waals surface area contributed by atoms with Gasteiger partial charge in [0.2, 0.25) is 0 Å². The SMILES string of the molecule is CCCCC(C)NCC1C(C)(C)C1(C)C. The Hall–Kier alpha value is -0.0400. The van der Waals surface area contributed by atoms with Crippen molar-refractivity contribution in [3.63, 3.8) is 0 Å². The zero-order valence-electron chi connectivity index (χ0n) is 11.5. The second-order valence-electron chi connectivity index (χ2n) is 6.45. The van der Waals surface area contributed by atoms with E-state index in [1.54, 1.807) is 0 Å². The highest BCUT2D eigenvalue weighted by Gasteiger charge is 2.63. The lowest BCUT2D eigenvalue weighted by Crippen LogP contribution is -2.29. The molecule has 1 aliphatic rings. The van der Waals surface area contributed by atoms with E-state index >= 15 is 0 Å². The maximum Gasteiger partial charge on any atom is 0.00388 e. The number of unbranched alkanes of at least 4 members (excludes halogenated alkanes) is 1. The minimum atomic E-state index is 0.532. The fourth-order valence-electron chi connectivity index (χ4n) is 2.77. The van der Waals surface area contributed by atoms with Gasteiger partial charge in [0.1, 0.15) is 0 Å². The van der Waals surface area contributed by atoms with E-state index in [1.165, 1.54) is 25.8 Å². The fraction of sp³-hybridized carbons (Fsp3) is 1.00. The molecule has 1 N–H and O–H groups in total. The highest BCUT2D eigenvalue weighted by Crippen LogP contribution is 2.67. The van der Waals surface area contributed by atoms with E-state index in [4.69, 9.17) is 0 Å². The van der Waals surface area contributed by atoms with Crippen LogP contribution in [0.15, 0.2) is 0 Å². The van der Waals surface area contributed by atoms with Gasteiger partial charge in [-0.3, -0.25) is 0 Å². The molecule has 0 aromatic carbocycles. The first-order chi connectivity index (χ1) is 6.84. The molecule has 0 saturated heterocycles. The Balaban J connectivity index is 2.22. The van der Waals surface area contributed by atoms with Crippen molar-refractivity contribution in [1.29, 1.82) is 0 Å². The molecule has 0 heterocycles. The summed E-state index contributed by atoms with van der Waals surface area (Å²) in [7, 11) is 0. The lowest BCUT2D eigenvalue weighted by Gasteiger charge is -2.14. The number of nitrogens with one attached hydrogen (secondary N) is 1. The van der Waals surface area contributed by atoms with Gasteiger partial charge in [-0.1, -0.05) is 47.5 Å². The van der Waals surface area contributed by atoms with Gasteiger partial charge in [-0.05, 0) is 36.6 Å². The van der Waals surface area contributed by atoms with Crippen molar-refractivity contribution in [2.45, 2.75) is 66.8 Å². The first-order valence-electron chi connectivity index (χ1n) is 6.57. The van der Waals surface area contributed by atoms with E-state index in [0.29, 0.717) is 16.9 Å². The molecule has 0 aliphatic heterocycles. The monoisotopic (exact) mass is 211 g/mol. The first kappa shape index (κ1) is 13.0. The molecule has 1 atom stereocenters. The van der Waals surface area contributed by atoms with Crippen LogP contribution in [0.4, 0.5) is 0 Å². The van der Waals surface area contributed by atoms with Crippen LogP contribution in [0.2, 0.25) is 0 Å². The molecular formula is C14H29N. The van der Waals surface area contributed by atoms with E-state index in [-0.39, 0.29) is 0 Å². The Morgan fingerprint density at radius 1 is 1.13 bits per heavy atom. The maximum absolute atomic E-state index is 3.69. The second kappa shape index (κ2) is 4.45. The van der Waals surface area contributed by atoms with Crippen molar-refractivity contribution in [3.05, 3.63) is 0 Å². The molecule has 15 heavy (non-hydrogen) atoms. The summed E-state index contributed by atoms with van der Waals surface area (Å²) in [5.41, 5.74) is 1.06. The summed E-state index contributed by atoms with van der Waals surface area (Å²) in [6.07, 6.45) is 3.99. The van der Waals surface area contributed by atoms with E-state index in [0.717, 1.165) is 5.92 Å². The molecule has 1 fully saturated rings. The number of hydrogen-bond donors (Lipinski definition) is 1. The van der Waals surface area contributed by atoms with Gasteiger partial charge in [0.25, 0.3) is 0 Å². The molecular weight excluding hydrogens is 182 g/mol. The van der Waals surface area contributed by atoms with Gasteiger partial charge in [0, 0.05) is 6.04 Å². The number of rotatable bonds is 6. The van der Waals surface area contributed by atoms with Gasteiger partial charge < -0.3 is 5.32 Å². The molecule has 0 aromatic rings. The van der Waals surface area contributed by atoms with Crippen LogP contribution in [-0.2, 0) is 0 Å².